The van der Waals surface area contributed by atoms with Crippen LogP contribution in [0.5, 0.6) is 11.6 Å². The number of nitrogens with one attached hydrogen (secondary N) is 1. The first-order valence-electron chi connectivity index (χ1n) is 5.53. The van der Waals surface area contributed by atoms with Crippen LogP contribution >= 0.6 is 0 Å². The number of ether oxygens (including phenoxy) is 1. The molecule has 19 heavy (non-hydrogen) atoms. The maximum absolute atomic E-state index is 13.5. The minimum Gasteiger partial charge on any atom is -0.438 e. The quantitative estimate of drug-likeness (QED) is 0.916. The molecule has 5 nitrogen and oxygen atoms in total. The van der Waals surface area contributed by atoms with Crippen molar-refractivity contribution in [3.8, 4) is 17.7 Å². The van der Waals surface area contributed by atoms with Crippen LogP contribution in [-0.2, 0) is 0 Å². The van der Waals surface area contributed by atoms with Crippen LogP contribution in [-0.4, -0.2) is 17.0 Å². The van der Waals surface area contributed by atoms with E-state index in [9.17, 15) is 4.39 Å². The Bertz CT molecular complexity index is 652. The zero-order valence-corrected chi connectivity index (χ0v) is 10.4. The summed E-state index contributed by atoms with van der Waals surface area (Å²) in [7, 11) is 1.69. The highest BCUT2D eigenvalue weighted by Gasteiger charge is 2.08. The third-order valence-electron chi connectivity index (χ3n) is 2.42. The van der Waals surface area contributed by atoms with Crippen LogP contribution in [0.2, 0.25) is 0 Å². The molecule has 2 rings (SSSR count). The molecule has 1 aromatic heterocycles. The van der Waals surface area contributed by atoms with Gasteiger partial charge in [0.1, 0.15) is 17.6 Å². The van der Waals surface area contributed by atoms with Crippen LogP contribution in [0.1, 0.15) is 11.1 Å². The number of halogens is 1. The molecule has 0 aliphatic carbocycles. The topological polar surface area (TPSA) is 70.8 Å². The highest BCUT2D eigenvalue weighted by Crippen LogP contribution is 2.24. The van der Waals surface area contributed by atoms with Gasteiger partial charge < -0.3 is 10.1 Å². The van der Waals surface area contributed by atoms with Crippen molar-refractivity contribution in [3.05, 3.63) is 41.3 Å². The van der Waals surface area contributed by atoms with Crippen molar-refractivity contribution < 1.29 is 9.13 Å². The third-order valence-corrected chi connectivity index (χ3v) is 2.42. The summed E-state index contributed by atoms with van der Waals surface area (Å²) < 4.78 is 18.9. The van der Waals surface area contributed by atoms with Crippen LogP contribution in [0.15, 0.2) is 24.4 Å². The van der Waals surface area contributed by atoms with Crippen molar-refractivity contribution in [1.82, 2.24) is 9.97 Å². The Balaban J connectivity index is 2.31. The Morgan fingerprint density at radius 3 is 2.84 bits per heavy atom. The fraction of sp³-hybridized carbons (Fsp3) is 0.154. The monoisotopic (exact) mass is 258 g/mol. The lowest BCUT2D eigenvalue weighted by Crippen LogP contribution is -2.00. The van der Waals surface area contributed by atoms with E-state index in [2.05, 4.69) is 15.3 Å². The predicted octanol–water partition coefficient (Wildman–Crippen LogP) is 2.63. The van der Waals surface area contributed by atoms with E-state index >= 15 is 0 Å². The minimum absolute atomic E-state index is 0.0253. The van der Waals surface area contributed by atoms with Crippen LogP contribution in [0.3, 0.4) is 0 Å². The first-order chi connectivity index (χ1) is 9.13. The summed E-state index contributed by atoms with van der Waals surface area (Å²) >= 11 is 0. The third kappa shape index (κ3) is 2.77. The van der Waals surface area contributed by atoms with Gasteiger partial charge in [0.15, 0.2) is 0 Å². The van der Waals surface area contributed by atoms with Gasteiger partial charge in [-0.3, -0.25) is 0 Å². The summed E-state index contributed by atoms with van der Waals surface area (Å²) in [6.45, 7) is 1.79. The van der Waals surface area contributed by atoms with E-state index in [0.29, 0.717) is 11.8 Å². The lowest BCUT2D eigenvalue weighted by Gasteiger charge is -2.08. The minimum atomic E-state index is -0.624. The highest BCUT2D eigenvalue weighted by molar-refractivity contribution is 5.39. The molecule has 0 atom stereocenters. The van der Waals surface area contributed by atoms with Gasteiger partial charge in [0, 0.05) is 24.9 Å². The van der Waals surface area contributed by atoms with Gasteiger partial charge in [0.2, 0.25) is 11.8 Å². The normalized spacial score (nSPS) is 9.79. The SMILES string of the molecule is CNc1ncc(C)c(Oc2ccc(C#N)c(F)c2)n1. The molecule has 0 bridgehead atoms. The average molecular weight is 258 g/mol. The lowest BCUT2D eigenvalue weighted by atomic mass is 10.2. The van der Waals surface area contributed by atoms with Gasteiger partial charge in [0.25, 0.3) is 0 Å². The van der Waals surface area contributed by atoms with Crippen LogP contribution in [0.4, 0.5) is 10.3 Å². The Kier molecular flexibility index (Phi) is 3.57. The predicted molar refractivity (Wildman–Crippen MR) is 67.5 cm³/mol. The van der Waals surface area contributed by atoms with Gasteiger partial charge in [-0.25, -0.2) is 9.37 Å². The molecule has 0 spiro atoms. The molecule has 96 valence electrons. The van der Waals surface area contributed by atoms with E-state index in [-0.39, 0.29) is 11.3 Å². The first kappa shape index (κ1) is 12.8. The fourth-order valence-electron chi connectivity index (χ4n) is 1.41. The zero-order chi connectivity index (χ0) is 13.8. The van der Waals surface area contributed by atoms with E-state index in [1.165, 1.54) is 12.1 Å². The standard InChI is InChI=1S/C13H11FN4O/c1-8-7-17-13(16-2)18-12(8)19-10-4-3-9(6-15)11(14)5-10/h3-5,7H,1-2H3,(H,16,17,18). The number of benzene rings is 1. The van der Waals surface area contributed by atoms with Crippen molar-refractivity contribution in [2.45, 2.75) is 6.92 Å². The number of aryl methyl sites for hydroxylation is 1. The van der Waals surface area contributed by atoms with E-state index in [1.807, 2.05) is 0 Å². The Morgan fingerprint density at radius 2 is 2.21 bits per heavy atom. The molecular weight excluding hydrogens is 247 g/mol. The van der Waals surface area contributed by atoms with Crippen molar-refractivity contribution in [2.24, 2.45) is 0 Å². The first-order valence-corrected chi connectivity index (χ1v) is 5.53. The van der Waals surface area contributed by atoms with Crippen LogP contribution < -0.4 is 10.1 Å². The molecule has 0 amide bonds. The number of aromatic nitrogens is 2. The van der Waals surface area contributed by atoms with Crippen LogP contribution in [0, 0.1) is 24.1 Å². The van der Waals surface area contributed by atoms with Crippen molar-refractivity contribution in [1.29, 1.82) is 5.26 Å². The second-order valence-corrected chi connectivity index (χ2v) is 3.79. The Labute approximate surface area is 109 Å². The molecule has 0 unspecified atom stereocenters. The molecule has 1 heterocycles. The van der Waals surface area contributed by atoms with Gasteiger partial charge in [-0.2, -0.15) is 10.2 Å². The molecule has 0 saturated heterocycles. The fourth-order valence-corrected chi connectivity index (χ4v) is 1.41. The number of rotatable bonds is 3. The Hall–Kier alpha value is -2.68. The van der Waals surface area contributed by atoms with Crippen molar-refractivity contribution >= 4 is 5.95 Å². The number of nitrogens with zero attached hydrogens (tertiary/aromatic N) is 3. The van der Waals surface area contributed by atoms with Gasteiger partial charge in [-0.15, -0.1) is 0 Å². The summed E-state index contributed by atoms with van der Waals surface area (Å²) in [5.74, 6) is 0.402. The Morgan fingerprint density at radius 1 is 1.42 bits per heavy atom. The van der Waals surface area contributed by atoms with Gasteiger partial charge >= 0.3 is 0 Å². The molecule has 1 aromatic carbocycles. The number of hydrogen-bond donors (Lipinski definition) is 1. The number of hydrogen-bond acceptors (Lipinski definition) is 5. The lowest BCUT2D eigenvalue weighted by molar-refractivity contribution is 0.453. The van der Waals surface area contributed by atoms with Crippen LogP contribution in [0.25, 0.3) is 0 Å². The number of anilines is 1. The molecule has 0 fully saturated rings. The summed E-state index contributed by atoms with van der Waals surface area (Å²) in [4.78, 5) is 8.15. The zero-order valence-electron chi connectivity index (χ0n) is 10.4. The van der Waals surface area contributed by atoms with E-state index in [1.54, 1.807) is 26.2 Å². The second-order valence-electron chi connectivity index (χ2n) is 3.79. The molecule has 0 aliphatic heterocycles. The van der Waals surface area contributed by atoms with E-state index < -0.39 is 5.82 Å². The highest BCUT2D eigenvalue weighted by atomic mass is 19.1. The average Bonchev–Trinajstić information content (AvgIpc) is 2.41. The maximum Gasteiger partial charge on any atom is 0.226 e. The maximum atomic E-state index is 13.5. The molecule has 2 aromatic rings. The molecule has 6 heteroatoms. The molecule has 1 N–H and O–H groups in total. The molecule has 0 saturated carbocycles. The van der Waals surface area contributed by atoms with E-state index in [4.69, 9.17) is 10.00 Å². The molecular formula is C13H11FN4O. The molecule has 0 aliphatic rings. The smallest absolute Gasteiger partial charge is 0.226 e. The van der Waals surface area contributed by atoms with Gasteiger partial charge in [0.05, 0.1) is 5.56 Å². The summed E-state index contributed by atoms with van der Waals surface area (Å²) in [5.41, 5.74) is 0.700. The summed E-state index contributed by atoms with van der Waals surface area (Å²) in [5, 5.41) is 11.4. The van der Waals surface area contributed by atoms with Crippen molar-refractivity contribution in [2.75, 3.05) is 12.4 Å². The molecule has 0 radical (unpaired) electrons. The summed E-state index contributed by atoms with van der Waals surface area (Å²) in [6, 6.07) is 5.78. The van der Waals surface area contributed by atoms with Gasteiger partial charge in [-0.05, 0) is 19.1 Å². The van der Waals surface area contributed by atoms with Gasteiger partial charge in [-0.1, -0.05) is 0 Å². The van der Waals surface area contributed by atoms with E-state index in [0.717, 1.165) is 11.6 Å². The number of nitriles is 1. The van der Waals surface area contributed by atoms with Crippen molar-refractivity contribution in [3.63, 3.8) is 0 Å². The largest absolute Gasteiger partial charge is 0.438 e. The summed E-state index contributed by atoms with van der Waals surface area (Å²) in [6.07, 6.45) is 1.61. The second kappa shape index (κ2) is 5.31.